The van der Waals surface area contributed by atoms with Gasteiger partial charge in [-0.05, 0) is 27.2 Å². The van der Waals surface area contributed by atoms with E-state index in [1.54, 1.807) is 6.08 Å². The fourth-order valence-corrected chi connectivity index (χ4v) is 1.06. The van der Waals surface area contributed by atoms with Crippen molar-refractivity contribution in [1.29, 1.82) is 0 Å². The lowest BCUT2D eigenvalue weighted by atomic mass is 10.1. The minimum Gasteiger partial charge on any atom is -0.385 e. The molecule has 0 atom stereocenters. The monoisotopic (exact) mass is 217 g/mol. The van der Waals surface area contributed by atoms with Crippen molar-refractivity contribution in [2.24, 2.45) is 0 Å². The topological polar surface area (TPSA) is 12.0 Å². The molecule has 1 heteroatoms. The average Bonchev–Trinajstić information content (AvgIpc) is 2.24. The van der Waals surface area contributed by atoms with E-state index in [9.17, 15) is 0 Å². The molecule has 0 aliphatic rings. The quantitative estimate of drug-likeness (QED) is 0.499. The number of rotatable bonds is 7. The van der Waals surface area contributed by atoms with Crippen LogP contribution in [0.2, 0.25) is 0 Å². The fourth-order valence-electron chi connectivity index (χ4n) is 1.06. The first-order valence-electron chi connectivity index (χ1n) is 5.56. The Morgan fingerprint density at radius 2 is 1.81 bits per heavy atom. The smallest absolute Gasteiger partial charge is 0.0354 e. The minimum absolute atomic E-state index is 0.880. The first kappa shape index (κ1) is 14.5. The standard InChI is InChI=1S/C15H23N/c1-6-7-8-9-14(4)10-11-15(5)12-16-13(2)3/h6-9,11,16H,1-2,10,12H2,3-5H3/b8-7-,14-9-,15-11+. The van der Waals surface area contributed by atoms with Crippen LogP contribution < -0.4 is 5.32 Å². The molecule has 1 N–H and O–H groups in total. The highest BCUT2D eigenvalue weighted by Gasteiger charge is 1.90. The molecule has 0 fully saturated rings. The van der Waals surface area contributed by atoms with Crippen molar-refractivity contribution in [2.45, 2.75) is 27.2 Å². The van der Waals surface area contributed by atoms with Gasteiger partial charge in [0.05, 0.1) is 0 Å². The second kappa shape index (κ2) is 8.78. The van der Waals surface area contributed by atoms with E-state index in [-0.39, 0.29) is 0 Å². The van der Waals surface area contributed by atoms with Gasteiger partial charge in [-0.15, -0.1) is 0 Å². The summed E-state index contributed by atoms with van der Waals surface area (Å²) in [6.45, 7) is 14.5. The van der Waals surface area contributed by atoms with Gasteiger partial charge >= 0.3 is 0 Å². The molecule has 16 heavy (non-hydrogen) atoms. The third-order valence-electron chi connectivity index (χ3n) is 2.07. The molecule has 0 saturated heterocycles. The molecule has 0 radical (unpaired) electrons. The van der Waals surface area contributed by atoms with Crippen LogP contribution in [0.3, 0.4) is 0 Å². The van der Waals surface area contributed by atoms with Gasteiger partial charge in [0.1, 0.15) is 0 Å². The molecular formula is C15H23N. The van der Waals surface area contributed by atoms with E-state index >= 15 is 0 Å². The normalized spacial score (nSPS) is 12.9. The van der Waals surface area contributed by atoms with Crippen molar-refractivity contribution in [3.8, 4) is 0 Å². The number of nitrogens with one attached hydrogen (secondary N) is 1. The Bertz CT molecular complexity index is 316. The van der Waals surface area contributed by atoms with Crippen LogP contribution in [0.1, 0.15) is 27.2 Å². The maximum absolute atomic E-state index is 3.80. The largest absolute Gasteiger partial charge is 0.385 e. The minimum atomic E-state index is 0.880. The zero-order chi connectivity index (χ0) is 12.4. The summed E-state index contributed by atoms with van der Waals surface area (Å²) in [5, 5.41) is 3.21. The lowest BCUT2D eigenvalue weighted by Gasteiger charge is -2.05. The Morgan fingerprint density at radius 1 is 1.12 bits per heavy atom. The van der Waals surface area contributed by atoms with Crippen LogP contribution in [0.5, 0.6) is 0 Å². The second-order valence-corrected chi connectivity index (χ2v) is 4.02. The molecule has 0 aromatic carbocycles. The zero-order valence-electron chi connectivity index (χ0n) is 10.7. The van der Waals surface area contributed by atoms with E-state index in [1.165, 1.54) is 11.1 Å². The predicted molar refractivity (Wildman–Crippen MR) is 74.3 cm³/mol. The maximum atomic E-state index is 3.80. The van der Waals surface area contributed by atoms with Gasteiger partial charge in [-0.25, -0.2) is 0 Å². The third kappa shape index (κ3) is 9.07. The van der Waals surface area contributed by atoms with Crippen molar-refractivity contribution in [1.82, 2.24) is 5.32 Å². The van der Waals surface area contributed by atoms with Gasteiger partial charge in [-0.3, -0.25) is 0 Å². The van der Waals surface area contributed by atoms with Crippen LogP contribution in [-0.2, 0) is 0 Å². The summed E-state index contributed by atoms with van der Waals surface area (Å²) in [6, 6.07) is 0. The van der Waals surface area contributed by atoms with Crippen LogP contribution in [0.25, 0.3) is 0 Å². The van der Waals surface area contributed by atoms with Crippen molar-refractivity contribution < 1.29 is 0 Å². The summed E-state index contributed by atoms with van der Waals surface area (Å²) in [5.41, 5.74) is 3.69. The molecule has 0 spiro atoms. The van der Waals surface area contributed by atoms with E-state index in [4.69, 9.17) is 0 Å². The summed E-state index contributed by atoms with van der Waals surface area (Å²) in [5.74, 6) is 0. The first-order valence-corrected chi connectivity index (χ1v) is 5.56. The molecule has 0 bridgehead atoms. The summed E-state index contributed by atoms with van der Waals surface area (Å²) in [4.78, 5) is 0. The lowest BCUT2D eigenvalue weighted by Crippen LogP contribution is -2.12. The van der Waals surface area contributed by atoms with Crippen molar-refractivity contribution in [2.75, 3.05) is 6.54 Å². The molecular weight excluding hydrogens is 194 g/mol. The van der Waals surface area contributed by atoms with E-state index < -0.39 is 0 Å². The fraction of sp³-hybridized carbons (Fsp3) is 0.333. The number of allylic oxidation sites excluding steroid dienone is 7. The molecule has 0 unspecified atom stereocenters. The number of hydrogen-bond donors (Lipinski definition) is 1. The summed E-state index contributed by atoms with van der Waals surface area (Å²) in [6.07, 6.45) is 11.1. The van der Waals surface area contributed by atoms with E-state index in [0.717, 1.165) is 18.7 Å². The van der Waals surface area contributed by atoms with Gasteiger partial charge in [0.25, 0.3) is 0 Å². The van der Waals surface area contributed by atoms with Crippen molar-refractivity contribution in [3.63, 3.8) is 0 Å². The Morgan fingerprint density at radius 3 is 2.38 bits per heavy atom. The van der Waals surface area contributed by atoms with Crippen LogP contribution >= 0.6 is 0 Å². The molecule has 0 aliphatic heterocycles. The highest BCUT2D eigenvalue weighted by molar-refractivity contribution is 5.17. The van der Waals surface area contributed by atoms with Crippen LogP contribution in [0, 0.1) is 0 Å². The third-order valence-corrected chi connectivity index (χ3v) is 2.07. The summed E-state index contributed by atoms with van der Waals surface area (Å²) >= 11 is 0. The Balaban J connectivity index is 4.04. The van der Waals surface area contributed by atoms with Crippen LogP contribution in [0.4, 0.5) is 0 Å². The highest BCUT2D eigenvalue weighted by atomic mass is 14.9. The lowest BCUT2D eigenvalue weighted by molar-refractivity contribution is 0.869. The number of hydrogen-bond acceptors (Lipinski definition) is 1. The van der Waals surface area contributed by atoms with Crippen molar-refractivity contribution >= 4 is 0 Å². The average molecular weight is 217 g/mol. The molecule has 0 amide bonds. The molecule has 0 aromatic heterocycles. The van der Waals surface area contributed by atoms with Crippen molar-refractivity contribution in [3.05, 3.63) is 60.4 Å². The summed E-state index contributed by atoms with van der Waals surface area (Å²) in [7, 11) is 0. The van der Waals surface area contributed by atoms with Crippen LogP contribution in [-0.4, -0.2) is 6.54 Å². The molecule has 0 rings (SSSR count). The molecule has 0 aromatic rings. The first-order chi connectivity index (χ1) is 7.56. The van der Waals surface area contributed by atoms with Gasteiger partial charge in [0.15, 0.2) is 0 Å². The Hall–Kier alpha value is -1.50. The zero-order valence-corrected chi connectivity index (χ0v) is 10.7. The van der Waals surface area contributed by atoms with E-state index in [2.05, 4.69) is 44.5 Å². The van der Waals surface area contributed by atoms with Gasteiger partial charge in [-0.2, -0.15) is 0 Å². The van der Waals surface area contributed by atoms with Gasteiger partial charge in [0, 0.05) is 12.2 Å². The van der Waals surface area contributed by atoms with E-state index in [1.807, 2.05) is 19.1 Å². The van der Waals surface area contributed by atoms with Gasteiger partial charge in [0.2, 0.25) is 0 Å². The Kier molecular flexibility index (Phi) is 7.96. The molecule has 0 aliphatic carbocycles. The SMILES string of the molecule is C=C/C=C\C=C(\C)C/C=C(\C)CNC(=C)C. The Labute approximate surface area is 100.0 Å². The van der Waals surface area contributed by atoms with Gasteiger partial charge < -0.3 is 5.32 Å². The maximum Gasteiger partial charge on any atom is 0.0354 e. The predicted octanol–water partition coefficient (Wildman–Crippen LogP) is 4.13. The highest BCUT2D eigenvalue weighted by Crippen LogP contribution is 2.04. The second-order valence-electron chi connectivity index (χ2n) is 4.02. The summed E-state index contributed by atoms with van der Waals surface area (Å²) < 4.78 is 0. The van der Waals surface area contributed by atoms with E-state index in [0.29, 0.717) is 0 Å². The molecule has 1 nitrogen and oxygen atoms in total. The molecule has 88 valence electrons. The van der Waals surface area contributed by atoms with Gasteiger partial charge in [-0.1, -0.05) is 54.7 Å². The molecule has 0 heterocycles. The van der Waals surface area contributed by atoms with Crippen LogP contribution in [0.15, 0.2) is 60.4 Å². The molecule has 0 saturated carbocycles.